The highest BCUT2D eigenvalue weighted by Gasteiger charge is 2.11. The summed E-state index contributed by atoms with van der Waals surface area (Å²) in [5, 5.41) is 2.52. The summed E-state index contributed by atoms with van der Waals surface area (Å²) in [5.41, 5.74) is 5.92. The second-order valence-electron chi connectivity index (χ2n) is 3.93. The van der Waals surface area contributed by atoms with Crippen LogP contribution in [0.15, 0.2) is 22.7 Å². The van der Waals surface area contributed by atoms with Gasteiger partial charge in [-0.1, -0.05) is 29.3 Å². The third-order valence-corrected chi connectivity index (χ3v) is 2.80. The molecule has 0 saturated carbocycles. The number of hydrogen-bond donors (Lipinski definition) is 2. The SMILES string of the molecule is CCCC(N)CC(=O)Nc1cc(Br)ccc1F. The van der Waals surface area contributed by atoms with Gasteiger partial charge in [-0.2, -0.15) is 0 Å². The molecule has 94 valence electrons. The van der Waals surface area contributed by atoms with Gasteiger partial charge >= 0.3 is 0 Å². The summed E-state index contributed by atoms with van der Waals surface area (Å²) in [5.74, 6) is -0.714. The zero-order valence-electron chi connectivity index (χ0n) is 9.67. The van der Waals surface area contributed by atoms with Crippen molar-refractivity contribution in [1.29, 1.82) is 0 Å². The van der Waals surface area contributed by atoms with Crippen molar-refractivity contribution >= 4 is 27.5 Å². The molecule has 1 unspecified atom stereocenters. The third-order valence-electron chi connectivity index (χ3n) is 2.31. The summed E-state index contributed by atoms with van der Waals surface area (Å²) in [4.78, 5) is 11.6. The summed E-state index contributed by atoms with van der Waals surface area (Å²) >= 11 is 3.22. The Labute approximate surface area is 109 Å². The van der Waals surface area contributed by atoms with Crippen LogP contribution in [0.1, 0.15) is 26.2 Å². The van der Waals surface area contributed by atoms with E-state index in [9.17, 15) is 9.18 Å². The van der Waals surface area contributed by atoms with Gasteiger partial charge in [0.15, 0.2) is 0 Å². The minimum absolute atomic E-state index is 0.171. The van der Waals surface area contributed by atoms with E-state index in [1.54, 1.807) is 6.07 Å². The number of halogens is 2. The Morgan fingerprint density at radius 3 is 2.94 bits per heavy atom. The fourth-order valence-corrected chi connectivity index (χ4v) is 1.87. The predicted octanol–water partition coefficient (Wildman–Crippen LogP) is 3.04. The average molecular weight is 303 g/mol. The molecule has 0 saturated heterocycles. The van der Waals surface area contributed by atoms with E-state index >= 15 is 0 Å². The molecule has 0 bridgehead atoms. The van der Waals surface area contributed by atoms with Crippen LogP contribution < -0.4 is 11.1 Å². The van der Waals surface area contributed by atoms with Crippen LogP contribution in [0.3, 0.4) is 0 Å². The van der Waals surface area contributed by atoms with Crippen molar-refractivity contribution in [2.45, 2.75) is 32.2 Å². The molecular formula is C12H16BrFN2O. The third kappa shape index (κ3) is 4.83. The normalized spacial score (nSPS) is 12.2. The lowest BCUT2D eigenvalue weighted by Gasteiger charge is -2.11. The Bertz CT molecular complexity index is 398. The lowest BCUT2D eigenvalue weighted by atomic mass is 10.1. The number of carbonyl (C=O) groups is 1. The summed E-state index contributed by atoms with van der Waals surface area (Å²) in [7, 11) is 0. The number of benzene rings is 1. The highest BCUT2D eigenvalue weighted by molar-refractivity contribution is 9.10. The van der Waals surface area contributed by atoms with Gasteiger partial charge in [0, 0.05) is 16.9 Å². The minimum Gasteiger partial charge on any atom is -0.327 e. The Morgan fingerprint density at radius 1 is 1.59 bits per heavy atom. The van der Waals surface area contributed by atoms with E-state index < -0.39 is 5.82 Å². The Balaban J connectivity index is 2.58. The highest BCUT2D eigenvalue weighted by atomic mass is 79.9. The summed E-state index contributed by atoms with van der Waals surface area (Å²) in [6.45, 7) is 2.01. The van der Waals surface area contributed by atoms with E-state index in [0.29, 0.717) is 4.47 Å². The van der Waals surface area contributed by atoms with Gasteiger partial charge in [-0.25, -0.2) is 4.39 Å². The van der Waals surface area contributed by atoms with Crippen LogP contribution in [0.2, 0.25) is 0 Å². The molecule has 17 heavy (non-hydrogen) atoms. The van der Waals surface area contributed by atoms with Crippen molar-refractivity contribution in [1.82, 2.24) is 0 Å². The first-order valence-electron chi connectivity index (χ1n) is 5.53. The molecule has 1 rings (SSSR count). The van der Waals surface area contributed by atoms with Crippen molar-refractivity contribution in [2.75, 3.05) is 5.32 Å². The van der Waals surface area contributed by atoms with Crippen molar-refractivity contribution < 1.29 is 9.18 Å². The zero-order chi connectivity index (χ0) is 12.8. The van der Waals surface area contributed by atoms with Crippen LogP contribution in [0.25, 0.3) is 0 Å². The first-order chi connectivity index (χ1) is 8.02. The van der Waals surface area contributed by atoms with E-state index in [2.05, 4.69) is 21.2 Å². The van der Waals surface area contributed by atoms with Gasteiger partial charge < -0.3 is 11.1 Å². The number of nitrogens with one attached hydrogen (secondary N) is 1. The van der Waals surface area contributed by atoms with Crippen LogP contribution >= 0.6 is 15.9 Å². The molecule has 0 radical (unpaired) electrons. The van der Waals surface area contributed by atoms with Crippen LogP contribution in [0.5, 0.6) is 0 Å². The molecule has 1 atom stereocenters. The number of hydrogen-bond acceptors (Lipinski definition) is 2. The fourth-order valence-electron chi connectivity index (χ4n) is 1.51. The molecule has 3 N–H and O–H groups in total. The van der Waals surface area contributed by atoms with E-state index in [1.165, 1.54) is 12.1 Å². The van der Waals surface area contributed by atoms with Gasteiger partial charge in [0.25, 0.3) is 0 Å². The predicted molar refractivity (Wildman–Crippen MR) is 70.2 cm³/mol. The Hall–Kier alpha value is -0.940. The number of nitrogens with two attached hydrogens (primary N) is 1. The first kappa shape index (κ1) is 14.1. The second kappa shape index (κ2) is 6.71. The Morgan fingerprint density at radius 2 is 2.29 bits per heavy atom. The van der Waals surface area contributed by atoms with Crippen LogP contribution in [-0.2, 0) is 4.79 Å². The van der Waals surface area contributed by atoms with Crippen molar-refractivity contribution in [3.63, 3.8) is 0 Å². The van der Waals surface area contributed by atoms with E-state index in [-0.39, 0.29) is 24.1 Å². The molecule has 0 aromatic heterocycles. The van der Waals surface area contributed by atoms with E-state index in [4.69, 9.17) is 5.73 Å². The molecule has 1 aromatic rings. The Kier molecular flexibility index (Phi) is 5.58. The van der Waals surface area contributed by atoms with Gasteiger partial charge in [0.1, 0.15) is 5.82 Å². The minimum atomic E-state index is -0.453. The molecule has 5 heteroatoms. The standard InChI is InChI=1S/C12H16BrFN2O/c1-2-3-9(15)7-12(17)16-11-6-8(13)4-5-10(11)14/h4-6,9H,2-3,7,15H2,1H3,(H,16,17). The zero-order valence-corrected chi connectivity index (χ0v) is 11.3. The van der Waals surface area contributed by atoms with E-state index in [0.717, 1.165) is 12.8 Å². The fraction of sp³-hybridized carbons (Fsp3) is 0.417. The summed E-state index contributed by atoms with van der Waals surface area (Å²) < 4.78 is 14.1. The maximum absolute atomic E-state index is 13.3. The van der Waals surface area contributed by atoms with Crippen molar-refractivity contribution in [2.24, 2.45) is 5.73 Å². The molecule has 1 amide bonds. The molecule has 0 fully saturated rings. The van der Waals surface area contributed by atoms with Crippen LogP contribution in [0.4, 0.5) is 10.1 Å². The molecule has 0 spiro atoms. The van der Waals surface area contributed by atoms with Crippen LogP contribution in [0, 0.1) is 5.82 Å². The summed E-state index contributed by atoms with van der Waals surface area (Å²) in [6.07, 6.45) is 1.92. The monoisotopic (exact) mass is 302 g/mol. The number of amides is 1. The average Bonchev–Trinajstić information content (AvgIpc) is 2.23. The van der Waals surface area contributed by atoms with Crippen molar-refractivity contribution in [3.8, 4) is 0 Å². The molecule has 0 aliphatic rings. The largest absolute Gasteiger partial charge is 0.327 e. The number of anilines is 1. The molecule has 3 nitrogen and oxygen atoms in total. The lowest BCUT2D eigenvalue weighted by molar-refractivity contribution is -0.116. The van der Waals surface area contributed by atoms with Gasteiger partial charge in [-0.05, 0) is 24.6 Å². The molecule has 0 aliphatic heterocycles. The quantitative estimate of drug-likeness (QED) is 0.878. The smallest absolute Gasteiger partial charge is 0.226 e. The second-order valence-corrected chi connectivity index (χ2v) is 4.84. The van der Waals surface area contributed by atoms with Gasteiger partial charge in [0.2, 0.25) is 5.91 Å². The lowest BCUT2D eigenvalue weighted by Crippen LogP contribution is -2.27. The van der Waals surface area contributed by atoms with Crippen molar-refractivity contribution in [3.05, 3.63) is 28.5 Å². The molecule has 0 aliphatic carbocycles. The van der Waals surface area contributed by atoms with Gasteiger partial charge in [-0.3, -0.25) is 4.79 Å². The molecule has 1 aromatic carbocycles. The summed E-state index contributed by atoms with van der Waals surface area (Å²) in [6, 6.07) is 4.23. The van der Waals surface area contributed by atoms with E-state index in [1.807, 2.05) is 6.92 Å². The van der Waals surface area contributed by atoms with Crippen LogP contribution in [-0.4, -0.2) is 11.9 Å². The number of rotatable bonds is 5. The molecule has 0 heterocycles. The topological polar surface area (TPSA) is 55.1 Å². The maximum Gasteiger partial charge on any atom is 0.226 e. The highest BCUT2D eigenvalue weighted by Crippen LogP contribution is 2.20. The number of carbonyl (C=O) groups excluding carboxylic acids is 1. The first-order valence-corrected chi connectivity index (χ1v) is 6.32. The van der Waals surface area contributed by atoms with Gasteiger partial charge in [-0.15, -0.1) is 0 Å². The van der Waals surface area contributed by atoms with Gasteiger partial charge in [0.05, 0.1) is 5.69 Å². The molecular weight excluding hydrogens is 287 g/mol. The maximum atomic E-state index is 13.3.